The molecular weight excluding hydrogens is 190 g/mol. The fraction of sp³-hybridized carbons (Fsp3) is 0.300. The van der Waals surface area contributed by atoms with Crippen molar-refractivity contribution in [1.29, 1.82) is 5.26 Å². The maximum Gasteiger partial charge on any atom is 0.119 e. The first-order valence-corrected chi connectivity index (χ1v) is 4.04. The first kappa shape index (κ1) is 10.8. The van der Waals surface area contributed by atoms with E-state index in [0.29, 0.717) is 17.2 Å². The molecule has 0 heterocycles. The van der Waals surface area contributed by atoms with Crippen molar-refractivity contribution in [2.75, 3.05) is 0 Å². The minimum Gasteiger partial charge on any atom is -0.508 e. The van der Waals surface area contributed by atoms with Gasteiger partial charge in [0.1, 0.15) is 5.75 Å². The number of rotatable bonds is 1. The zero-order valence-corrected chi connectivity index (χ0v) is 7.68. The summed E-state index contributed by atoms with van der Waals surface area (Å²) in [7, 11) is 0. The molecule has 0 radical (unpaired) electrons. The molecule has 1 aromatic rings. The Morgan fingerprint density at radius 1 is 1.38 bits per heavy atom. The van der Waals surface area contributed by atoms with Crippen molar-refractivity contribution in [3.8, 4) is 11.8 Å². The molecule has 1 aliphatic carbocycles. The van der Waals surface area contributed by atoms with Crippen LogP contribution in [0.25, 0.3) is 0 Å². The Morgan fingerprint density at radius 3 is 2.62 bits per heavy atom. The maximum absolute atomic E-state index is 9.43. The average molecular weight is 199 g/mol. The smallest absolute Gasteiger partial charge is 0.119 e. The van der Waals surface area contributed by atoms with E-state index in [4.69, 9.17) is 5.26 Å². The largest absolute Gasteiger partial charge is 0.508 e. The van der Waals surface area contributed by atoms with Crippen molar-refractivity contribution < 1.29 is 42.8 Å². The van der Waals surface area contributed by atoms with Crippen molar-refractivity contribution in [2.45, 2.75) is 18.8 Å². The topological polar surface area (TPSA) is 44.0 Å². The fourth-order valence-electron chi connectivity index (χ4n) is 1.35. The minimum absolute atomic E-state index is 0. The summed E-state index contributed by atoms with van der Waals surface area (Å²) >= 11 is 0. The summed E-state index contributed by atoms with van der Waals surface area (Å²) in [6, 6.07) is 7.09. The molecule has 1 saturated carbocycles. The summed E-state index contributed by atoms with van der Waals surface area (Å²) < 4.78 is 0. The summed E-state index contributed by atoms with van der Waals surface area (Å²) in [6.07, 6.45) is 2.28. The standard InChI is InChI=1S/C10H9NO.Ar/c11-6-7-1-4-10(12)9(5-7)8-2-3-8;/h1,4-5,8,12H,2-3H2;. The predicted octanol–water partition coefficient (Wildman–Crippen LogP) is 2.14. The molecule has 2 nitrogen and oxygen atoms in total. The summed E-state index contributed by atoms with van der Waals surface area (Å²) in [5, 5.41) is 18.1. The van der Waals surface area contributed by atoms with Gasteiger partial charge in [0.2, 0.25) is 0 Å². The van der Waals surface area contributed by atoms with E-state index in [1.165, 1.54) is 0 Å². The predicted molar refractivity (Wildman–Crippen MR) is 44.8 cm³/mol. The van der Waals surface area contributed by atoms with Gasteiger partial charge in [-0.05, 0) is 42.5 Å². The molecule has 1 N–H and O–H groups in total. The molecule has 0 atom stereocenters. The third-order valence-corrected chi connectivity index (χ3v) is 2.17. The molecule has 1 aromatic carbocycles. The van der Waals surface area contributed by atoms with E-state index < -0.39 is 0 Å². The van der Waals surface area contributed by atoms with Crippen molar-refractivity contribution in [1.82, 2.24) is 0 Å². The molecule has 68 valence electrons. The normalized spacial score (nSPS) is 14.4. The molecule has 0 aliphatic heterocycles. The van der Waals surface area contributed by atoms with Crippen LogP contribution in [0.5, 0.6) is 5.75 Å². The second kappa shape index (κ2) is 4.32. The van der Waals surface area contributed by atoms with Crippen molar-refractivity contribution in [3.05, 3.63) is 29.3 Å². The number of nitriles is 1. The number of phenolic OH excluding ortho intramolecular Hbond substituents is 1. The van der Waals surface area contributed by atoms with Crippen LogP contribution in [0.1, 0.15) is 29.9 Å². The molecule has 0 amide bonds. The molecule has 3 heteroatoms. The van der Waals surface area contributed by atoms with E-state index >= 15 is 0 Å². The van der Waals surface area contributed by atoms with Gasteiger partial charge in [-0.1, -0.05) is 0 Å². The van der Waals surface area contributed by atoms with Gasteiger partial charge in [-0.15, -0.1) is 0 Å². The van der Waals surface area contributed by atoms with Gasteiger partial charge in [-0.3, -0.25) is 0 Å². The molecule has 2 rings (SSSR count). The van der Waals surface area contributed by atoms with E-state index in [2.05, 4.69) is 6.07 Å². The molecular formula is C10H9ArNO. The molecule has 1 fully saturated rings. The minimum atomic E-state index is 0. The Hall–Kier alpha value is -0.230. The Morgan fingerprint density at radius 2 is 2.08 bits per heavy atom. The maximum atomic E-state index is 9.43. The SMILES string of the molecule is N#Cc1ccc(O)c(C2CC2)c1.[Ar]. The van der Waals surface area contributed by atoms with Gasteiger partial charge < -0.3 is 5.11 Å². The summed E-state index contributed by atoms with van der Waals surface area (Å²) in [4.78, 5) is 0. The molecule has 0 spiro atoms. The van der Waals surface area contributed by atoms with Crippen LogP contribution >= 0.6 is 0 Å². The molecule has 0 aromatic heterocycles. The van der Waals surface area contributed by atoms with Crippen LogP contribution in [0.15, 0.2) is 18.2 Å². The average Bonchev–Trinajstić information content (AvgIpc) is 2.88. The van der Waals surface area contributed by atoms with Crippen LogP contribution in [-0.2, 0) is 0 Å². The Bertz CT molecular complexity index is 352. The first-order chi connectivity index (χ1) is 5.81. The van der Waals surface area contributed by atoms with E-state index in [9.17, 15) is 5.11 Å². The van der Waals surface area contributed by atoms with Crippen molar-refractivity contribution in [2.24, 2.45) is 0 Å². The van der Waals surface area contributed by atoms with Crippen LogP contribution in [-0.4, -0.2) is 5.11 Å². The number of benzene rings is 1. The third kappa shape index (κ3) is 2.37. The van der Waals surface area contributed by atoms with Gasteiger partial charge in [0, 0.05) is 37.7 Å². The van der Waals surface area contributed by atoms with Gasteiger partial charge in [-0.2, -0.15) is 5.26 Å². The summed E-state index contributed by atoms with van der Waals surface area (Å²) in [6.45, 7) is 0. The van der Waals surface area contributed by atoms with Crippen LogP contribution in [0.4, 0.5) is 0 Å². The molecule has 1 aliphatic rings. The monoisotopic (exact) mass is 199 g/mol. The third-order valence-electron chi connectivity index (χ3n) is 2.17. The van der Waals surface area contributed by atoms with E-state index in [1.54, 1.807) is 18.2 Å². The van der Waals surface area contributed by atoms with Crippen LogP contribution in [0, 0.1) is 49.1 Å². The van der Waals surface area contributed by atoms with Crippen LogP contribution in [0.2, 0.25) is 0 Å². The molecule has 0 saturated heterocycles. The van der Waals surface area contributed by atoms with E-state index in [-0.39, 0.29) is 37.7 Å². The van der Waals surface area contributed by atoms with Crippen LogP contribution < -0.4 is 0 Å². The zero-order valence-electron chi connectivity index (χ0n) is 6.97. The fourth-order valence-corrected chi connectivity index (χ4v) is 1.35. The van der Waals surface area contributed by atoms with Gasteiger partial charge in [0.05, 0.1) is 11.6 Å². The molecule has 0 unspecified atom stereocenters. The Kier molecular flexibility index (Phi) is 3.61. The summed E-state index contributed by atoms with van der Waals surface area (Å²) in [5.74, 6) is 0.829. The zero-order chi connectivity index (χ0) is 8.55. The molecule has 13 heavy (non-hydrogen) atoms. The second-order valence-corrected chi connectivity index (χ2v) is 3.16. The summed E-state index contributed by atoms with van der Waals surface area (Å²) in [5.41, 5.74) is 1.57. The number of hydrogen-bond donors (Lipinski definition) is 1. The Balaban J connectivity index is 0.000000845. The van der Waals surface area contributed by atoms with Gasteiger partial charge >= 0.3 is 0 Å². The number of nitrogens with zero attached hydrogens (tertiary/aromatic N) is 1. The van der Waals surface area contributed by atoms with Crippen molar-refractivity contribution in [3.63, 3.8) is 0 Å². The second-order valence-electron chi connectivity index (χ2n) is 3.16. The quantitative estimate of drug-likeness (QED) is 0.752. The molecule has 0 bridgehead atoms. The van der Waals surface area contributed by atoms with Gasteiger partial charge in [0.25, 0.3) is 0 Å². The Labute approximate surface area is 107 Å². The number of phenols is 1. The first-order valence-electron chi connectivity index (χ1n) is 4.04. The van der Waals surface area contributed by atoms with Crippen molar-refractivity contribution >= 4 is 0 Å². The van der Waals surface area contributed by atoms with Gasteiger partial charge in [-0.25, -0.2) is 0 Å². The number of aromatic hydroxyl groups is 1. The number of hydrogen-bond acceptors (Lipinski definition) is 2. The van der Waals surface area contributed by atoms with E-state index in [1.807, 2.05) is 0 Å². The van der Waals surface area contributed by atoms with Crippen LogP contribution in [0.3, 0.4) is 0 Å². The van der Waals surface area contributed by atoms with Gasteiger partial charge in [0.15, 0.2) is 0 Å². The van der Waals surface area contributed by atoms with E-state index in [0.717, 1.165) is 18.4 Å².